The smallest absolute Gasteiger partial charge is 0.247 e. The number of hydrogen-bond donors (Lipinski definition) is 2. The number of benzene rings is 1. The summed E-state index contributed by atoms with van der Waals surface area (Å²) in [5, 5.41) is 5.51. The average molecular weight is 479 g/mol. The molecule has 3 amide bonds. The molecule has 3 rings (SSSR count). The van der Waals surface area contributed by atoms with E-state index in [4.69, 9.17) is 9.15 Å². The van der Waals surface area contributed by atoms with Crippen LogP contribution in [0.15, 0.2) is 71.5 Å². The molecule has 0 aliphatic carbocycles. The second kappa shape index (κ2) is 13.0. The molecule has 0 unspecified atom stereocenters. The first kappa shape index (κ1) is 25.6. The zero-order valence-electron chi connectivity index (χ0n) is 19.9. The number of aromatic nitrogens is 1. The minimum absolute atomic E-state index is 0.0595. The monoisotopic (exact) mass is 478 g/mol. The Hall–Kier alpha value is -3.98. The zero-order valence-corrected chi connectivity index (χ0v) is 19.9. The van der Waals surface area contributed by atoms with Crippen LogP contribution in [0.5, 0.6) is 0 Å². The molecule has 184 valence electrons. The van der Waals surface area contributed by atoms with Gasteiger partial charge in [0.15, 0.2) is 0 Å². The van der Waals surface area contributed by atoms with Gasteiger partial charge in [0, 0.05) is 32.7 Å². The van der Waals surface area contributed by atoms with E-state index in [2.05, 4.69) is 15.6 Å². The molecule has 2 heterocycles. The van der Waals surface area contributed by atoms with Gasteiger partial charge in [-0.25, -0.2) is 4.98 Å². The van der Waals surface area contributed by atoms with Crippen LogP contribution in [0.3, 0.4) is 0 Å². The van der Waals surface area contributed by atoms with Crippen molar-refractivity contribution in [1.82, 2.24) is 15.2 Å². The van der Waals surface area contributed by atoms with E-state index < -0.39 is 6.04 Å². The molecule has 0 aliphatic heterocycles. The molecule has 3 aromatic rings. The third-order valence-electron chi connectivity index (χ3n) is 5.28. The van der Waals surface area contributed by atoms with Gasteiger partial charge >= 0.3 is 0 Å². The predicted molar refractivity (Wildman–Crippen MR) is 130 cm³/mol. The quantitative estimate of drug-likeness (QED) is 0.387. The Morgan fingerprint density at radius 3 is 2.51 bits per heavy atom. The van der Waals surface area contributed by atoms with Gasteiger partial charge in [-0.05, 0) is 36.8 Å². The van der Waals surface area contributed by atoms with Crippen molar-refractivity contribution in [2.45, 2.75) is 32.4 Å². The molecule has 0 radical (unpaired) electrons. The molecule has 0 saturated heterocycles. The third kappa shape index (κ3) is 7.79. The van der Waals surface area contributed by atoms with E-state index in [1.807, 2.05) is 31.2 Å². The van der Waals surface area contributed by atoms with Crippen LogP contribution in [0.2, 0.25) is 0 Å². The normalized spacial score (nSPS) is 11.5. The molecule has 9 heteroatoms. The van der Waals surface area contributed by atoms with Crippen LogP contribution < -0.4 is 10.6 Å². The number of ether oxygens (including phenoxy) is 1. The molecule has 1 aromatic carbocycles. The summed E-state index contributed by atoms with van der Waals surface area (Å²) < 4.78 is 10.5. The number of amides is 3. The molecular weight excluding hydrogens is 448 g/mol. The Morgan fingerprint density at radius 1 is 1.06 bits per heavy atom. The van der Waals surface area contributed by atoms with Crippen molar-refractivity contribution in [3.8, 4) is 0 Å². The lowest BCUT2D eigenvalue weighted by molar-refractivity contribution is -0.142. The molecule has 0 saturated carbocycles. The van der Waals surface area contributed by atoms with E-state index >= 15 is 0 Å². The second-order valence-electron chi connectivity index (χ2n) is 7.96. The number of methoxy groups -OCH3 is 1. The molecule has 1 atom stereocenters. The second-order valence-corrected chi connectivity index (χ2v) is 7.96. The number of furan rings is 1. The van der Waals surface area contributed by atoms with Crippen molar-refractivity contribution >= 4 is 23.5 Å². The van der Waals surface area contributed by atoms with Gasteiger partial charge in [-0.3, -0.25) is 14.4 Å². The maximum Gasteiger partial charge on any atom is 0.247 e. The van der Waals surface area contributed by atoms with E-state index in [9.17, 15) is 14.4 Å². The largest absolute Gasteiger partial charge is 0.467 e. The predicted octanol–water partition coefficient (Wildman–Crippen LogP) is 3.23. The number of carbonyl (C=O) groups is 3. The topological polar surface area (TPSA) is 114 Å². The Morgan fingerprint density at radius 2 is 1.86 bits per heavy atom. The van der Waals surface area contributed by atoms with Gasteiger partial charge in [0.25, 0.3) is 0 Å². The highest BCUT2D eigenvalue weighted by Crippen LogP contribution is 2.25. The average Bonchev–Trinajstić information content (AvgIpc) is 3.37. The van der Waals surface area contributed by atoms with Gasteiger partial charge in [-0.15, -0.1) is 0 Å². The van der Waals surface area contributed by atoms with E-state index in [0.717, 1.165) is 5.56 Å². The minimum atomic E-state index is -0.913. The Bertz CT molecular complexity index is 1080. The van der Waals surface area contributed by atoms with Crippen LogP contribution >= 0.6 is 0 Å². The Balaban J connectivity index is 1.81. The number of anilines is 1. The van der Waals surface area contributed by atoms with Gasteiger partial charge in [0.2, 0.25) is 17.7 Å². The van der Waals surface area contributed by atoms with E-state index in [-0.39, 0.29) is 37.1 Å². The molecule has 2 N–H and O–H groups in total. The summed E-state index contributed by atoms with van der Waals surface area (Å²) in [6, 6.07) is 15.1. The number of hydrogen-bond acceptors (Lipinski definition) is 6. The summed E-state index contributed by atoms with van der Waals surface area (Å²) in [5.41, 5.74) is 1.69. The summed E-state index contributed by atoms with van der Waals surface area (Å²) >= 11 is 0. The van der Waals surface area contributed by atoms with Crippen LogP contribution in [0, 0.1) is 6.92 Å². The first-order valence-electron chi connectivity index (χ1n) is 11.3. The summed E-state index contributed by atoms with van der Waals surface area (Å²) in [4.78, 5) is 44.6. The number of nitrogens with one attached hydrogen (secondary N) is 2. The fraction of sp³-hybridized carbons (Fsp3) is 0.308. The molecular formula is C26H30N4O5. The highest BCUT2D eigenvalue weighted by atomic mass is 16.5. The van der Waals surface area contributed by atoms with Gasteiger partial charge in [0.1, 0.15) is 17.6 Å². The number of nitrogens with zero attached hydrogens (tertiary/aromatic N) is 2. The Labute approximate surface area is 204 Å². The number of carbonyl (C=O) groups excluding carboxylic acids is 3. The van der Waals surface area contributed by atoms with Gasteiger partial charge < -0.3 is 24.7 Å². The van der Waals surface area contributed by atoms with Crippen LogP contribution in [-0.4, -0.2) is 47.9 Å². The number of aryl methyl sites for hydroxylation is 1. The van der Waals surface area contributed by atoms with Crippen LogP contribution in [0.1, 0.15) is 35.8 Å². The summed E-state index contributed by atoms with van der Waals surface area (Å²) in [6.45, 7) is 2.66. The zero-order chi connectivity index (χ0) is 25.0. The Kier molecular flexibility index (Phi) is 9.56. The summed E-state index contributed by atoms with van der Waals surface area (Å²) in [5.74, 6) is -0.106. The van der Waals surface area contributed by atoms with E-state index in [1.165, 1.54) is 11.2 Å². The highest BCUT2D eigenvalue weighted by molar-refractivity contribution is 5.94. The fourth-order valence-electron chi connectivity index (χ4n) is 3.49. The lowest BCUT2D eigenvalue weighted by atomic mass is 10.0. The number of rotatable bonds is 12. The van der Waals surface area contributed by atoms with Crippen LogP contribution in [0.25, 0.3) is 0 Å². The summed E-state index contributed by atoms with van der Waals surface area (Å²) in [6.07, 6.45) is 2.93. The lowest BCUT2D eigenvalue weighted by Crippen LogP contribution is -2.44. The van der Waals surface area contributed by atoms with Crippen molar-refractivity contribution in [1.29, 1.82) is 0 Å². The summed E-state index contributed by atoms with van der Waals surface area (Å²) in [7, 11) is 1.55. The van der Waals surface area contributed by atoms with E-state index in [0.29, 0.717) is 30.3 Å². The van der Waals surface area contributed by atoms with Crippen molar-refractivity contribution < 1.29 is 23.5 Å². The first-order chi connectivity index (χ1) is 17.0. The molecule has 0 bridgehead atoms. The molecule has 9 nitrogen and oxygen atoms in total. The molecule has 0 fully saturated rings. The molecule has 35 heavy (non-hydrogen) atoms. The maximum atomic E-state index is 13.4. The van der Waals surface area contributed by atoms with Gasteiger partial charge in [-0.1, -0.05) is 35.9 Å². The molecule has 0 aliphatic rings. The maximum absolute atomic E-state index is 13.4. The first-order valence-corrected chi connectivity index (χ1v) is 11.3. The highest BCUT2D eigenvalue weighted by Gasteiger charge is 2.32. The standard InChI is InChI=1S/C26H30N4O5/c1-19-8-10-20(11-9-19)25(26(33)28-15-17-34-2)30(18-21-6-5-16-35-21)24(32)13-12-23(31)29-22-7-3-4-14-27-22/h3-11,14,16,25H,12-13,15,17-18H2,1-2H3,(H,28,33)(H,27,29,31)/t25-/m1/s1. The van der Waals surface area contributed by atoms with Crippen LogP contribution in [0.4, 0.5) is 5.82 Å². The van der Waals surface area contributed by atoms with Crippen molar-refractivity contribution in [2.75, 3.05) is 25.6 Å². The van der Waals surface area contributed by atoms with Gasteiger partial charge in [-0.2, -0.15) is 0 Å². The SMILES string of the molecule is COCCNC(=O)[C@@H](c1ccc(C)cc1)N(Cc1ccco1)C(=O)CCC(=O)Nc1ccccn1. The van der Waals surface area contributed by atoms with Crippen molar-refractivity contribution in [3.05, 3.63) is 83.9 Å². The van der Waals surface area contributed by atoms with Crippen molar-refractivity contribution in [3.63, 3.8) is 0 Å². The minimum Gasteiger partial charge on any atom is -0.467 e. The van der Waals surface area contributed by atoms with E-state index in [1.54, 1.807) is 43.6 Å². The molecule has 0 spiro atoms. The lowest BCUT2D eigenvalue weighted by Gasteiger charge is -2.31. The van der Waals surface area contributed by atoms with Gasteiger partial charge in [0.05, 0.1) is 19.4 Å². The van der Waals surface area contributed by atoms with Crippen LogP contribution in [-0.2, 0) is 25.7 Å². The van der Waals surface area contributed by atoms with Crippen molar-refractivity contribution in [2.24, 2.45) is 0 Å². The molecule has 2 aromatic heterocycles. The number of pyridine rings is 1. The fourth-order valence-corrected chi connectivity index (χ4v) is 3.49. The third-order valence-corrected chi connectivity index (χ3v) is 5.28.